The Balaban J connectivity index is 0.000000980. The van der Waals surface area contributed by atoms with E-state index in [0.29, 0.717) is 4.75 Å². The van der Waals surface area contributed by atoms with Crippen LogP contribution in [0.15, 0.2) is 0 Å². The van der Waals surface area contributed by atoms with Gasteiger partial charge in [0.15, 0.2) is 0 Å². The molecule has 1 N–H and O–H groups in total. The van der Waals surface area contributed by atoms with E-state index in [4.69, 9.17) is 0 Å². The molecule has 0 aromatic heterocycles. The molecule has 2 bridgehead atoms. The minimum absolute atomic E-state index is 0. The SMILES string of the molecule is CC(C)(C)SC1CC2CCC(C1)N2.Cl. The first-order valence-electron chi connectivity index (χ1n) is 5.47. The van der Waals surface area contributed by atoms with Crippen molar-refractivity contribution in [2.24, 2.45) is 0 Å². The molecule has 2 rings (SSSR count). The number of hydrogen-bond acceptors (Lipinski definition) is 2. The Morgan fingerprint density at radius 1 is 1.07 bits per heavy atom. The molecule has 3 heteroatoms. The predicted octanol–water partition coefficient (Wildman–Crippen LogP) is 3.22. The first-order chi connectivity index (χ1) is 6.03. The largest absolute Gasteiger partial charge is 0.311 e. The predicted molar refractivity (Wildman–Crippen MR) is 67.6 cm³/mol. The Morgan fingerprint density at radius 2 is 1.57 bits per heavy atom. The summed E-state index contributed by atoms with van der Waals surface area (Å²) in [6.07, 6.45) is 5.65. The van der Waals surface area contributed by atoms with E-state index in [0.717, 1.165) is 17.3 Å². The van der Waals surface area contributed by atoms with Gasteiger partial charge in [0.1, 0.15) is 0 Å². The first-order valence-corrected chi connectivity index (χ1v) is 6.35. The fraction of sp³-hybridized carbons (Fsp3) is 1.00. The van der Waals surface area contributed by atoms with Crippen LogP contribution < -0.4 is 5.32 Å². The Morgan fingerprint density at radius 3 is 2.00 bits per heavy atom. The van der Waals surface area contributed by atoms with Gasteiger partial charge in [-0.25, -0.2) is 0 Å². The van der Waals surface area contributed by atoms with Crippen molar-refractivity contribution in [1.82, 2.24) is 5.32 Å². The number of rotatable bonds is 1. The Labute approximate surface area is 98.2 Å². The van der Waals surface area contributed by atoms with Gasteiger partial charge in [0.05, 0.1) is 0 Å². The summed E-state index contributed by atoms with van der Waals surface area (Å²) in [6.45, 7) is 7.00. The zero-order valence-corrected chi connectivity index (χ0v) is 11.0. The monoisotopic (exact) mass is 235 g/mol. The number of fused-ring (bicyclic) bond motifs is 2. The second-order valence-corrected chi connectivity index (χ2v) is 7.59. The molecule has 0 radical (unpaired) electrons. The molecule has 2 aliphatic heterocycles. The molecule has 2 fully saturated rings. The zero-order chi connectivity index (χ0) is 9.47. The maximum atomic E-state index is 3.69. The van der Waals surface area contributed by atoms with Gasteiger partial charge < -0.3 is 5.32 Å². The third-order valence-corrected chi connectivity index (χ3v) is 4.38. The highest BCUT2D eigenvalue weighted by atomic mass is 35.5. The van der Waals surface area contributed by atoms with E-state index >= 15 is 0 Å². The summed E-state index contributed by atoms with van der Waals surface area (Å²) in [7, 11) is 0. The summed E-state index contributed by atoms with van der Waals surface area (Å²) < 4.78 is 0.446. The van der Waals surface area contributed by atoms with Crippen LogP contribution in [-0.4, -0.2) is 22.1 Å². The lowest BCUT2D eigenvalue weighted by Gasteiger charge is -2.33. The van der Waals surface area contributed by atoms with Gasteiger partial charge in [-0.1, -0.05) is 20.8 Å². The fourth-order valence-electron chi connectivity index (χ4n) is 2.60. The lowest BCUT2D eigenvalue weighted by molar-refractivity contribution is 0.413. The summed E-state index contributed by atoms with van der Waals surface area (Å²) in [5.41, 5.74) is 0. The van der Waals surface area contributed by atoms with Gasteiger partial charge >= 0.3 is 0 Å². The van der Waals surface area contributed by atoms with Crippen molar-refractivity contribution >= 4 is 24.2 Å². The summed E-state index contributed by atoms with van der Waals surface area (Å²) in [5, 5.41) is 4.61. The molecule has 2 heterocycles. The Kier molecular flexibility index (Phi) is 4.19. The number of halogens is 1. The fourth-order valence-corrected chi connectivity index (χ4v) is 4.26. The van der Waals surface area contributed by atoms with Crippen molar-refractivity contribution in [2.75, 3.05) is 0 Å². The van der Waals surface area contributed by atoms with Crippen molar-refractivity contribution in [3.05, 3.63) is 0 Å². The molecule has 0 aromatic rings. The Bertz CT molecular complexity index is 178. The molecule has 0 aliphatic carbocycles. The second kappa shape index (κ2) is 4.63. The molecule has 84 valence electrons. The highest BCUT2D eigenvalue weighted by Gasteiger charge is 2.35. The van der Waals surface area contributed by atoms with Crippen LogP contribution in [0.5, 0.6) is 0 Å². The topological polar surface area (TPSA) is 12.0 Å². The first kappa shape index (κ1) is 12.7. The van der Waals surface area contributed by atoms with Crippen molar-refractivity contribution in [3.63, 3.8) is 0 Å². The Hall–Kier alpha value is 0.600. The van der Waals surface area contributed by atoms with Crippen molar-refractivity contribution < 1.29 is 0 Å². The second-order valence-electron chi connectivity index (χ2n) is 5.46. The average Bonchev–Trinajstić information content (AvgIpc) is 2.27. The van der Waals surface area contributed by atoms with Gasteiger partial charge in [-0.15, -0.1) is 12.4 Å². The molecule has 2 saturated heterocycles. The summed E-state index contributed by atoms with van der Waals surface area (Å²) >= 11 is 2.19. The molecule has 0 aromatic carbocycles. The van der Waals surface area contributed by atoms with Crippen LogP contribution in [0.3, 0.4) is 0 Å². The molecular formula is C11H22ClNS. The van der Waals surface area contributed by atoms with E-state index in [9.17, 15) is 0 Å². The normalized spacial score (nSPS) is 36.6. The summed E-state index contributed by atoms with van der Waals surface area (Å²) in [6, 6.07) is 1.69. The molecule has 0 amide bonds. The third kappa shape index (κ3) is 3.32. The minimum Gasteiger partial charge on any atom is -0.311 e. The molecule has 2 atom stereocenters. The average molecular weight is 236 g/mol. The zero-order valence-electron chi connectivity index (χ0n) is 9.38. The van der Waals surface area contributed by atoms with Gasteiger partial charge in [0, 0.05) is 22.1 Å². The van der Waals surface area contributed by atoms with Crippen molar-refractivity contribution in [3.8, 4) is 0 Å². The molecule has 1 nitrogen and oxygen atoms in total. The van der Waals surface area contributed by atoms with Crippen molar-refractivity contribution in [2.45, 2.75) is 68.5 Å². The highest BCUT2D eigenvalue weighted by Crippen LogP contribution is 2.38. The van der Waals surface area contributed by atoms with E-state index in [-0.39, 0.29) is 12.4 Å². The standard InChI is InChI=1S/C11H21NS.ClH/c1-11(2,3)13-10-6-8-4-5-9(7-10)12-8;/h8-10,12H,4-7H2,1-3H3;1H. The van der Waals surface area contributed by atoms with Crippen LogP contribution in [0, 0.1) is 0 Å². The van der Waals surface area contributed by atoms with Crippen LogP contribution in [0.2, 0.25) is 0 Å². The van der Waals surface area contributed by atoms with E-state index in [2.05, 4.69) is 37.8 Å². The third-order valence-electron chi connectivity index (χ3n) is 2.95. The number of piperidine rings is 1. The summed E-state index contributed by atoms with van der Waals surface area (Å²) in [5.74, 6) is 0. The molecule has 2 aliphatic rings. The smallest absolute Gasteiger partial charge is 0.00819 e. The molecule has 0 spiro atoms. The minimum atomic E-state index is 0. The van der Waals surface area contributed by atoms with Crippen LogP contribution in [-0.2, 0) is 0 Å². The van der Waals surface area contributed by atoms with Crippen LogP contribution in [0.1, 0.15) is 46.5 Å². The van der Waals surface area contributed by atoms with E-state index < -0.39 is 0 Å². The lowest BCUT2D eigenvalue weighted by atomic mass is 10.1. The van der Waals surface area contributed by atoms with Gasteiger partial charge in [0.25, 0.3) is 0 Å². The maximum absolute atomic E-state index is 3.69. The van der Waals surface area contributed by atoms with Crippen molar-refractivity contribution in [1.29, 1.82) is 0 Å². The quantitative estimate of drug-likeness (QED) is 0.749. The van der Waals surface area contributed by atoms with Gasteiger partial charge in [-0.2, -0.15) is 11.8 Å². The van der Waals surface area contributed by atoms with Crippen LogP contribution in [0.25, 0.3) is 0 Å². The summed E-state index contributed by atoms with van der Waals surface area (Å²) in [4.78, 5) is 0. The van der Waals surface area contributed by atoms with Gasteiger partial charge in [-0.3, -0.25) is 0 Å². The number of thioether (sulfide) groups is 1. The molecule has 14 heavy (non-hydrogen) atoms. The van der Waals surface area contributed by atoms with E-state index in [1.807, 2.05) is 0 Å². The number of hydrogen-bond donors (Lipinski definition) is 1. The van der Waals surface area contributed by atoms with Gasteiger partial charge in [0.2, 0.25) is 0 Å². The lowest BCUT2D eigenvalue weighted by Crippen LogP contribution is -2.40. The molecule has 0 saturated carbocycles. The van der Waals surface area contributed by atoms with Crippen LogP contribution in [0.4, 0.5) is 0 Å². The van der Waals surface area contributed by atoms with E-state index in [1.54, 1.807) is 0 Å². The highest BCUT2D eigenvalue weighted by molar-refractivity contribution is 8.01. The number of nitrogens with one attached hydrogen (secondary N) is 1. The molecule has 2 unspecified atom stereocenters. The molecular weight excluding hydrogens is 214 g/mol. The van der Waals surface area contributed by atoms with Gasteiger partial charge in [-0.05, 0) is 25.7 Å². The van der Waals surface area contributed by atoms with E-state index in [1.165, 1.54) is 25.7 Å². The maximum Gasteiger partial charge on any atom is 0.00819 e. The van der Waals surface area contributed by atoms with Crippen LogP contribution >= 0.6 is 24.2 Å².